The second kappa shape index (κ2) is 7.33. The largest absolute Gasteiger partial charge is 0.340 e. The van der Waals surface area contributed by atoms with Crippen molar-refractivity contribution in [3.05, 3.63) is 54.1 Å². The number of carbonyl (C=O) groups is 1. The molecular formula is C20H26N4O3S. The lowest BCUT2D eigenvalue weighted by atomic mass is 9.87. The van der Waals surface area contributed by atoms with Crippen LogP contribution in [0.3, 0.4) is 0 Å². The Kier molecular flexibility index (Phi) is 5.01. The molecule has 3 heterocycles. The van der Waals surface area contributed by atoms with Gasteiger partial charge in [0.05, 0.1) is 17.6 Å². The second-order valence-corrected chi connectivity index (χ2v) is 9.86. The Bertz CT molecular complexity index is 957. The first-order valence-corrected chi connectivity index (χ1v) is 11.3. The van der Waals surface area contributed by atoms with Crippen molar-refractivity contribution in [1.29, 1.82) is 0 Å². The number of hydrogen-bond acceptors (Lipinski definition) is 4. The molecule has 7 nitrogen and oxygen atoms in total. The summed E-state index contributed by atoms with van der Waals surface area (Å²) in [6, 6.07) is 9.26. The maximum absolute atomic E-state index is 13.1. The minimum Gasteiger partial charge on any atom is -0.340 e. The summed E-state index contributed by atoms with van der Waals surface area (Å²) in [6.45, 7) is 1.55. The zero-order valence-electron chi connectivity index (χ0n) is 16.1. The molecule has 0 aliphatic carbocycles. The van der Waals surface area contributed by atoms with E-state index in [-0.39, 0.29) is 11.7 Å². The maximum Gasteiger partial charge on any atom is 0.274 e. The average Bonchev–Trinajstić information content (AvgIpc) is 3.28. The molecule has 1 atom stereocenters. The molecule has 2 aromatic rings. The summed E-state index contributed by atoms with van der Waals surface area (Å²) in [4.78, 5) is 19.1. The topological polar surface area (TPSA) is 75.5 Å². The highest BCUT2D eigenvalue weighted by Crippen LogP contribution is 2.39. The quantitative estimate of drug-likeness (QED) is 0.784. The van der Waals surface area contributed by atoms with E-state index >= 15 is 0 Å². The molecule has 1 spiro atoms. The van der Waals surface area contributed by atoms with Gasteiger partial charge in [0.1, 0.15) is 5.69 Å². The summed E-state index contributed by atoms with van der Waals surface area (Å²) in [5, 5.41) is 0. The molecule has 2 fully saturated rings. The number of amides is 1. The molecule has 1 amide bonds. The van der Waals surface area contributed by atoms with E-state index in [4.69, 9.17) is 0 Å². The molecule has 1 unspecified atom stereocenters. The monoisotopic (exact) mass is 402 g/mol. The molecule has 28 heavy (non-hydrogen) atoms. The Morgan fingerprint density at radius 2 is 1.86 bits per heavy atom. The molecule has 0 N–H and O–H groups in total. The predicted octanol–water partition coefficient (Wildman–Crippen LogP) is 2.02. The number of benzene rings is 1. The van der Waals surface area contributed by atoms with Crippen molar-refractivity contribution in [1.82, 2.24) is 18.8 Å². The van der Waals surface area contributed by atoms with Crippen molar-refractivity contribution >= 4 is 15.9 Å². The molecule has 2 aliphatic heterocycles. The van der Waals surface area contributed by atoms with E-state index < -0.39 is 15.6 Å². The third-order valence-electron chi connectivity index (χ3n) is 5.87. The van der Waals surface area contributed by atoms with Gasteiger partial charge in [0, 0.05) is 32.9 Å². The Labute approximate surface area is 166 Å². The van der Waals surface area contributed by atoms with Crippen LogP contribution in [-0.4, -0.2) is 58.3 Å². The zero-order valence-corrected chi connectivity index (χ0v) is 16.9. The summed E-state index contributed by atoms with van der Waals surface area (Å²) in [7, 11) is -1.60. The number of imidazole rings is 1. The molecule has 0 saturated carbocycles. The van der Waals surface area contributed by atoms with Gasteiger partial charge in [0.2, 0.25) is 10.0 Å². The van der Waals surface area contributed by atoms with Crippen molar-refractivity contribution in [2.75, 3.05) is 19.6 Å². The van der Waals surface area contributed by atoms with Crippen LogP contribution in [-0.2, 0) is 22.8 Å². The van der Waals surface area contributed by atoms with Crippen LogP contribution < -0.4 is 0 Å². The molecule has 0 radical (unpaired) electrons. The number of likely N-dealkylation sites (tertiary alicyclic amines) is 1. The highest BCUT2D eigenvalue weighted by Gasteiger charge is 2.48. The number of aromatic nitrogens is 2. The standard InChI is InChI=1S/C20H26N4O3S/c1-22-13-18(21-16-22)19(25)24-12-6-10-20(24)9-5-11-23(15-20)28(26,27)14-17-7-3-2-4-8-17/h2-4,7-8,13,16H,5-6,9-12,14-15H2,1H3. The fourth-order valence-electron chi connectivity index (χ4n) is 4.53. The summed E-state index contributed by atoms with van der Waals surface area (Å²) >= 11 is 0. The smallest absolute Gasteiger partial charge is 0.274 e. The minimum atomic E-state index is -3.43. The Balaban J connectivity index is 1.55. The first-order chi connectivity index (χ1) is 13.4. The molecule has 2 saturated heterocycles. The number of rotatable bonds is 4. The lowest BCUT2D eigenvalue weighted by molar-refractivity contribution is 0.0442. The van der Waals surface area contributed by atoms with Crippen LogP contribution in [0.25, 0.3) is 0 Å². The third kappa shape index (κ3) is 3.58. The molecule has 1 aromatic heterocycles. The molecule has 0 bridgehead atoms. The number of sulfonamides is 1. The third-order valence-corrected chi connectivity index (χ3v) is 7.67. The van der Waals surface area contributed by atoms with Crippen LogP contribution in [0.1, 0.15) is 41.7 Å². The van der Waals surface area contributed by atoms with Crippen LogP contribution in [0, 0.1) is 0 Å². The molecule has 1 aromatic carbocycles. The van der Waals surface area contributed by atoms with Gasteiger partial charge in [0.15, 0.2) is 0 Å². The van der Waals surface area contributed by atoms with Gasteiger partial charge in [-0.2, -0.15) is 4.31 Å². The van der Waals surface area contributed by atoms with Gasteiger partial charge in [-0.15, -0.1) is 0 Å². The van der Waals surface area contributed by atoms with Crippen LogP contribution >= 0.6 is 0 Å². The Morgan fingerprint density at radius 3 is 2.54 bits per heavy atom. The number of aryl methyl sites for hydroxylation is 1. The lowest BCUT2D eigenvalue weighted by Crippen LogP contribution is -2.58. The Hall–Kier alpha value is -2.19. The zero-order chi connectivity index (χ0) is 19.8. The summed E-state index contributed by atoms with van der Waals surface area (Å²) in [5.74, 6) is -0.0987. The number of carbonyl (C=O) groups excluding carboxylic acids is 1. The highest BCUT2D eigenvalue weighted by atomic mass is 32.2. The molecule has 2 aliphatic rings. The van der Waals surface area contributed by atoms with Gasteiger partial charge in [-0.1, -0.05) is 30.3 Å². The highest BCUT2D eigenvalue weighted by molar-refractivity contribution is 7.88. The van der Waals surface area contributed by atoms with Crippen LogP contribution in [0.2, 0.25) is 0 Å². The number of nitrogens with zero attached hydrogens (tertiary/aromatic N) is 4. The minimum absolute atomic E-state index is 0.00188. The van der Waals surface area contributed by atoms with Crippen molar-refractivity contribution in [2.45, 2.75) is 37.0 Å². The molecule has 4 rings (SSSR count). The van der Waals surface area contributed by atoms with Gasteiger partial charge in [0.25, 0.3) is 5.91 Å². The fraction of sp³-hybridized carbons (Fsp3) is 0.500. The van der Waals surface area contributed by atoms with Crippen LogP contribution in [0.5, 0.6) is 0 Å². The van der Waals surface area contributed by atoms with Crippen molar-refractivity contribution < 1.29 is 13.2 Å². The SMILES string of the molecule is Cn1cnc(C(=O)N2CCCC23CCCN(S(=O)(=O)Cc2ccccc2)C3)c1. The van der Waals surface area contributed by atoms with Gasteiger partial charge < -0.3 is 9.47 Å². The van der Waals surface area contributed by atoms with Gasteiger partial charge >= 0.3 is 0 Å². The predicted molar refractivity (Wildman–Crippen MR) is 106 cm³/mol. The van der Waals surface area contributed by atoms with Crippen molar-refractivity contribution in [2.24, 2.45) is 7.05 Å². The lowest BCUT2D eigenvalue weighted by Gasteiger charge is -2.45. The van der Waals surface area contributed by atoms with Crippen LogP contribution in [0.15, 0.2) is 42.9 Å². The fourth-order valence-corrected chi connectivity index (χ4v) is 6.17. The Morgan fingerprint density at radius 1 is 1.14 bits per heavy atom. The molecule has 150 valence electrons. The normalized spacial score (nSPS) is 23.4. The summed E-state index contributed by atoms with van der Waals surface area (Å²) in [5.41, 5.74) is 0.791. The molecular weight excluding hydrogens is 376 g/mol. The van der Waals surface area contributed by atoms with Crippen molar-refractivity contribution in [3.63, 3.8) is 0 Å². The molecule has 8 heteroatoms. The van der Waals surface area contributed by atoms with Gasteiger partial charge in [-0.3, -0.25) is 4.79 Å². The van der Waals surface area contributed by atoms with Gasteiger partial charge in [-0.05, 0) is 31.2 Å². The van der Waals surface area contributed by atoms with E-state index in [1.165, 1.54) is 0 Å². The first kappa shape index (κ1) is 19.1. The van der Waals surface area contributed by atoms with E-state index in [1.54, 1.807) is 21.4 Å². The van der Waals surface area contributed by atoms with E-state index in [1.807, 2.05) is 42.3 Å². The average molecular weight is 403 g/mol. The summed E-state index contributed by atoms with van der Waals surface area (Å²) < 4.78 is 29.5. The second-order valence-electron chi connectivity index (χ2n) is 7.89. The maximum atomic E-state index is 13.1. The first-order valence-electron chi connectivity index (χ1n) is 9.71. The van der Waals surface area contributed by atoms with E-state index in [9.17, 15) is 13.2 Å². The number of hydrogen-bond donors (Lipinski definition) is 0. The van der Waals surface area contributed by atoms with E-state index in [0.29, 0.717) is 25.3 Å². The van der Waals surface area contributed by atoms with Crippen LogP contribution in [0.4, 0.5) is 0 Å². The number of piperidine rings is 1. The van der Waals surface area contributed by atoms with Crippen molar-refractivity contribution in [3.8, 4) is 0 Å². The van der Waals surface area contributed by atoms with E-state index in [2.05, 4.69) is 4.98 Å². The summed E-state index contributed by atoms with van der Waals surface area (Å²) in [6.07, 6.45) is 6.67. The van der Waals surface area contributed by atoms with E-state index in [0.717, 1.165) is 31.2 Å². The van der Waals surface area contributed by atoms with Gasteiger partial charge in [-0.25, -0.2) is 13.4 Å².